The summed E-state index contributed by atoms with van der Waals surface area (Å²) in [5.74, 6) is -0.280. The summed E-state index contributed by atoms with van der Waals surface area (Å²) < 4.78 is 0. The van der Waals surface area contributed by atoms with E-state index >= 15 is 0 Å². The van der Waals surface area contributed by atoms with Crippen LogP contribution in [0.15, 0.2) is 42.5 Å². The first kappa shape index (κ1) is 22.0. The summed E-state index contributed by atoms with van der Waals surface area (Å²) in [6, 6.07) is 14.9. The average Bonchev–Trinajstić information content (AvgIpc) is 3.52. The third-order valence-electron chi connectivity index (χ3n) is 7.63. The Bertz CT molecular complexity index is 1010. The minimum atomic E-state index is -0.303. The van der Waals surface area contributed by atoms with Crippen LogP contribution in [0.1, 0.15) is 68.2 Å². The van der Waals surface area contributed by atoms with E-state index in [0.29, 0.717) is 6.54 Å². The van der Waals surface area contributed by atoms with Crippen LogP contribution in [-0.2, 0) is 22.4 Å². The monoisotopic (exact) mass is 445 g/mol. The van der Waals surface area contributed by atoms with Crippen molar-refractivity contribution >= 4 is 23.2 Å². The van der Waals surface area contributed by atoms with Gasteiger partial charge in [0.05, 0.1) is 12.0 Å². The highest BCUT2D eigenvalue weighted by Gasteiger charge is 2.36. The summed E-state index contributed by atoms with van der Waals surface area (Å²) in [5.41, 5.74) is 6.18. The van der Waals surface area contributed by atoms with Gasteiger partial charge in [0.15, 0.2) is 0 Å². The molecule has 0 aromatic heterocycles. The van der Waals surface area contributed by atoms with E-state index in [4.69, 9.17) is 0 Å². The Morgan fingerprint density at radius 1 is 0.970 bits per heavy atom. The summed E-state index contributed by atoms with van der Waals surface area (Å²) in [7, 11) is 0. The number of rotatable bonds is 6. The Kier molecular flexibility index (Phi) is 6.39. The van der Waals surface area contributed by atoms with Crippen molar-refractivity contribution in [3.63, 3.8) is 0 Å². The van der Waals surface area contributed by atoms with Crippen molar-refractivity contribution in [2.24, 2.45) is 5.92 Å². The molecule has 2 atom stereocenters. The molecular formula is C28H35N3O2. The van der Waals surface area contributed by atoms with E-state index in [0.717, 1.165) is 38.0 Å². The zero-order valence-electron chi connectivity index (χ0n) is 19.7. The molecule has 0 spiro atoms. The van der Waals surface area contributed by atoms with Crippen molar-refractivity contribution in [1.82, 2.24) is 5.32 Å². The molecule has 33 heavy (non-hydrogen) atoms. The number of fused-ring (bicyclic) bond motifs is 1. The molecule has 5 nitrogen and oxygen atoms in total. The first-order valence-corrected chi connectivity index (χ1v) is 12.7. The maximum absolute atomic E-state index is 13.1. The van der Waals surface area contributed by atoms with Gasteiger partial charge in [0.1, 0.15) is 0 Å². The van der Waals surface area contributed by atoms with Gasteiger partial charge in [-0.15, -0.1) is 0 Å². The smallest absolute Gasteiger partial charge is 0.227 e. The molecule has 1 N–H and O–H groups in total. The van der Waals surface area contributed by atoms with Gasteiger partial charge in [-0.25, -0.2) is 0 Å². The fourth-order valence-electron chi connectivity index (χ4n) is 5.63. The van der Waals surface area contributed by atoms with Gasteiger partial charge in [0, 0.05) is 37.4 Å². The molecule has 5 heteroatoms. The number of nitrogens with one attached hydrogen (secondary N) is 1. The predicted molar refractivity (Wildman–Crippen MR) is 133 cm³/mol. The van der Waals surface area contributed by atoms with E-state index in [-0.39, 0.29) is 30.2 Å². The summed E-state index contributed by atoms with van der Waals surface area (Å²) in [6.07, 6.45) is 8.42. The quantitative estimate of drug-likeness (QED) is 0.696. The lowest BCUT2D eigenvalue weighted by molar-refractivity contribution is -0.127. The molecule has 2 aromatic carbocycles. The topological polar surface area (TPSA) is 52.7 Å². The molecular weight excluding hydrogens is 410 g/mol. The molecule has 0 bridgehead atoms. The van der Waals surface area contributed by atoms with Gasteiger partial charge in [-0.1, -0.05) is 25.1 Å². The lowest BCUT2D eigenvalue weighted by Gasteiger charge is -2.23. The SMILES string of the molecule is CCC(NC(=O)C1CC(=O)N(c2ccc(N3CCCC3)cc2)C1)c1ccc2c(c1)CCCC2. The fraction of sp³-hybridized carbons (Fsp3) is 0.500. The van der Waals surface area contributed by atoms with Gasteiger partial charge >= 0.3 is 0 Å². The fourth-order valence-corrected chi connectivity index (χ4v) is 5.63. The minimum Gasteiger partial charge on any atom is -0.372 e. The maximum Gasteiger partial charge on any atom is 0.227 e. The van der Waals surface area contributed by atoms with Crippen LogP contribution in [0.5, 0.6) is 0 Å². The number of carbonyl (C=O) groups excluding carboxylic acids is 2. The number of benzene rings is 2. The molecule has 3 aliphatic rings. The second-order valence-electron chi connectivity index (χ2n) is 9.82. The maximum atomic E-state index is 13.1. The highest BCUT2D eigenvalue weighted by atomic mass is 16.2. The van der Waals surface area contributed by atoms with E-state index < -0.39 is 0 Å². The van der Waals surface area contributed by atoms with Crippen molar-refractivity contribution in [2.75, 3.05) is 29.4 Å². The van der Waals surface area contributed by atoms with Crippen LogP contribution in [0, 0.1) is 5.92 Å². The molecule has 2 aromatic rings. The van der Waals surface area contributed by atoms with E-state index in [1.165, 1.54) is 48.1 Å². The molecule has 0 radical (unpaired) electrons. The van der Waals surface area contributed by atoms with E-state index in [1.54, 1.807) is 4.90 Å². The van der Waals surface area contributed by atoms with Gasteiger partial charge in [-0.2, -0.15) is 0 Å². The van der Waals surface area contributed by atoms with Crippen molar-refractivity contribution in [2.45, 2.75) is 64.3 Å². The molecule has 2 fully saturated rings. The van der Waals surface area contributed by atoms with Gasteiger partial charge < -0.3 is 15.1 Å². The number of carbonyl (C=O) groups is 2. The van der Waals surface area contributed by atoms with E-state index in [9.17, 15) is 9.59 Å². The third kappa shape index (κ3) is 4.64. The molecule has 2 heterocycles. The molecule has 2 amide bonds. The van der Waals surface area contributed by atoms with Gasteiger partial charge in [-0.05, 0) is 85.9 Å². The first-order valence-electron chi connectivity index (χ1n) is 12.7. The lowest BCUT2D eigenvalue weighted by Crippen LogP contribution is -2.35. The summed E-state index contributed by atoms with van der Waals surface area (Å²) in [4.78, 5) is 30.0. The van der Waals surface area contributed by atoms with Crippen LogP contribution in [0.4, 0.5) is 11.4 Å². The summed E-state index contributed by atoms with van der Waals surface area (Å²) in [6.45, 7) is 4.77. The molecule has 1 aliphatic carbocycles. The van der Waals surface area contributed by atoms with Crippen LogP contribution in [-0.4, -0.2) is 31.4 Å². The molecule has 2 aliphatic heterocycles. The van der Waals surface area contributed by atoms with Crippen molar-refractivity contribution in [3.8, 4) is 0 Å². The van der Waals surface area contributed by atoms with Crippen LogP contribution < -0.4 is 15.1 Å². The van der Waals surface area contributed by atoms with Crippen LogP contribution in [0.2, 0.25) is 0 Å². The minimum absolute atomic E-state index is 0.00590. The van der Waals surface area contributed by atoms with Crippen LogP contribution >= 0.6 is 0 Å². The largest absolute Gasteiger partial charge is 0.372 e. The second-order valence-corrected chi connectivity index (χ2v) is 9.82. The number of hydrogen-bond acceptors (Lipinski definition) is 3. The number of amides is 2. The third-order valence-corrected chi connectivity index (χ3v) is 7.63. The van der Waals surface area contributed by atoms with Gasteiger partial charge in [-0.3, -0.25) is 9.59 Å². The number of hydrogen-bond donors (Lipinski definition) is 1. The Balaban J connectivity index is 1.23. The Hall–Kier alpha value is -2.82. The van der Waals surface area contributed by atoms with E-state index in [1.807, 2.05) is 12.1 Å². The zero-order chi connectivity index (χ0) is 22.8. The van der Waals surface area contributed by atoms with Crippen molar-refractivity contribution in [1.29, 1.82) is 0 Å². The number of nitrogens with zero attached hydrogens (tertiary/aromatic N) is 2. The summed E-state index contributed by atoms with van der Waals surface area (Å²) in [5, 5.41) is 3.25. The molecule has 0 saturated carbocycles. The highest BCUT2D eigenvalue weighted by Crippen LogP contribution is 2.30. The zero-order valence-corrected chi connectivity index (χ0v) is 19.7. The molecule has 5 rings (SSSR count). The second kappa shape index (κ2) is 9.58. The normalized spacial score (nSPS) is 21.2. The van der Waals surface area contributed by atoms with Crippen molar-refractivity contribution in [3.05, 3.63) is 59.2 Å². The van der Waals surface area contributed by atoms with E-state index in [2.05, 4.69) is 47.5 Å². The predicted octanol–water partition coefficient (Wildman–Crippen LogP) is 4.79. The Morgan fingerprint density at radius 2 is 1.67 bits per heavy atom. The lowest BCUT2D eigenvalue weighted by atomic mass is 9.88. The highest BCUT2D eigenvalue weighted by molar-refractivity contribution is 6.00. The number of aryl methyl sites for hydroxylation is 2. The van der Waals surface area contributed by atoms with Gasteiger partial charge in [0.2, 0.25) is 11.8 Å². The average molecular weight is 446 g/mol. The number of anilines is 2. The Morgan fingerprint density at radius 3 is 2.39 bits per heavy atom. The molecule has 2 unspecified atom stereocenters. The van der Waals surface area contributed by atoms with Gasteiger partial charge in [0.25, 0.3) is 0 Å². The standard InChI is InChI=1S/C28H35N3O2/c1-2-26(22-10-9-20-7-3-4-8-21(20)17-22)29-28(33)23-18-27(32)31(19-23)25-13-11-24(12-14-25)30-15-5-6-16-30/h9-14,17,23,26H,2-8,15-16,18-19H2,1H3,(H,29,33). The van der Waals surface area contributed by atoms with Crippen LogP contribution in [0.25, 0.3) is 0 Å². The first-order chi connectivity index (χ1) is 16.1. The molecule has 174 valence electrons. The van der Waals surface area contributed by atoms with Crippen molar-refractivity contribution < 1.29 is 9.59 Å². The summed E-state index contributed by atoms with van der Waals surface area (Å²) >= 11 is 0. The van der Waals surface area contributed by atoms with Crippen LogP contribution in [0.3, 0.4) is 0 Å². The molecule has 2 saturated heterocycles. The Labute approximate surface area is 197 Å².